The minimum Gasteiger partial charge on any atom is -0.322 e. The van der Waals surface area contributed by atoms with Gasteiger partial charge in [0.25, 0.3) is 5.91 Å². The van der Waals surface area contributed by atoms with Crippen LogP contribution in [0.5, 0.6) is 0 Å². The highest BCUT2D eigenvalue weighted by Gasteiger charge is 2.18. The Kier molecular flexibility index (Phi) is 5.00. The van der Waals surface area contributed by atoms with Crippen molar-refractivity contribution in [3.8, 4) is 22.5 Å². The fourth-order valence-electron chi connectivity index (χ4n) is 3.65. The second kappa shape index (κ2) is 8.12. The lowest BCUT2D eigenvalue weighted by atomic mass is 10.1. The second-order valence-corrected chi connectivity index (χ2v) is 7.87. The van der Waals surface area contributed by atoms with Crippen molar-refractivity contribution in [2.45, 2.75) is 13.8 Å². The van der Waals surface area contributed by atoms with Crippen LogP contribution in [0.3, 0.4) is 0 Å². The van der Waals surface area contributed by atoms with E-state index < -0.39 is 0 Å². The molecule has 0 unspecified atom stereocenters. The SMILES string of the molecule is Cc1ccc(NC(=O)c2cnn3c(-c4ccc(C)cc4)cc(-c4ccccc4)nc23)cc1. The van der Waals surface area contributed by atoms with Crippen LogP contribution in [-0.4, -0.2) is 20.5 Å². The molecule has 3 aromatic carbocycles. The molecule has 2 aromatic heterocycles. The van der Waals surface area contributed by atoms with Gasteiger partial charge in [-0.3, -0.25) is 4.79 Å². The van der Waals surface area contributed by atoms with E-state index in [0.717, 1.165) is 33.8 Å². The van der Waals surface area contributed by atoms with Crippen molar-refractivity contribution in [2.24, 2.45) is 0 Å². The average Bonchev–Trinajstić information content (AvgIpc) is 3.25. The minimum absolute atomic E-state index is 0.239. The van der Waals surface area contributed by atoms with Crippen molar-refractivity contribution < 1.29 is 4.79 Å². The molecule has 5 heteroatoms. The van der Waals surface area contributed by atoms with Crippen LogP contribution in [0.15, 0.2) is 91.1 Å². The summed E-state index contributed by atoms with van der Waals surface area (Å²) in [6, 6.07) is 27.9. The fraction of sp³-hybridized carbons (Fsp3) is 0.0741. The maximum absolute atomic E-state index is 13.1. The first kappa shape index (κ1) is 19.7. The van der Waals surface area contributed by atoms with Gasteiger partial charge in [0.2, 0.25) is 0 Å². The van der Waals surface area contributed by atoms with Gasteiger partial charge in [0.05, 0.1) is 17.6 Å². The minimum atomic E-state index is -0.239. The molecular weight excluding hydrogens is 396 g/mol. The molecule has 0 saturated carbocycles. The van der Waals surface area contributed by atoms with Gasteiger partial charge in [-0.05, 0) is 32.0 Å². The molecule has 1 N–H and O–H groups in total. The molecule has 0 saturated heterocycles. The molecule has 0 radical (unpaired) electrons. The Morgan fingerprint density at radius 1 is 0.812 bits per heavy atom. The molecule has 0 atom stereocenters. The zero-order valence-electron chi connectivity index (χ0n) is 17.9. The highest BCUT2D eigenvalue weighted by atomic mass is 16.1. The number of nitrogens with one attached hydrogen (secondary N) is 1. The van der Waals surface area contributed by atoms with Crippen LogP contribution in [0.1, 0.15) is 21.5 Å². The molecule has 2 heterocycles. The highest BCUT2D eigenvalue weighted by Crippen LogP contribution is 2.28. The Morgan fingerprint density at radius 2 is 1.47 bits per heavy atom. The molecule has 32 heavy (non-hydrogen) atoms. The standard InChI is InChI=1S/C27H22N4O/c1-18-8-12-21(13-9-18)25-16-24(20-6-4-3-5-7-20)30-26-23(17-28-31(25)26)27(32)29-22-14-10-19(2)11-15-22/h3-17H,1-2H3,(H,29,32). The number of carbonyl (C=O) groups is 1. The summed E-state index contributed by atoms with van der Waals surface area (Å²) < 4.78 is 1.74. The van der Waals surface area contributed by atoms with Gasteiger partial charge in [0.15, 0.2) is 5.65 Å². The van der Waals surface area contributed by atoms with Crippen LogP contribution >= 0.6 is 0 Å². The number of carbonyl (C=O) groups excluding carboxylic acids is 1. The number of amides is 1. The van der Waals surface area contributed by atoms with Crippen LogP contribution in [0.4, 0.5) is 5.69 Å². The van der Waals surface area contributed by atoms with Crippen LogP contribution in [-0.2, 0) is 0 Å². The van der Waals surface area contributed by atoms with E-state index in [0.29, 0.717) is 11.2 Å². The molecule has 156 valence electrons. The number of anilines is 1. The topological polar surface area (TPSA) is 59.3 Å². The number of aryl methyl sites for hydroxylation is 2. The number of nitrogens with zero attached hydrogens (tertiary/aromatic N) is 3. The summed E-state index contributed by atoms with van der Waals surface area (Å²) in [7, 11) is 0. The lowest BCUT2D eigenvalue weighted by molar-refractivity contribution is 0.102. The van der Waals surface area contributed by atoms with Crippen molar-refractivity contribution in [2.75, 3.05) is 5.32 Å². The Labute approximate surface area is 186 Å². The molecule has 0 bridgehead atoms. The smallest absolute Gasteiger partial charge is 0.261 e. The summed E-state index contributed by atoms with van der Waals surface area (Å²) in [6.45, 7) is 4.07. The number of aromatic nitrogens is 3. The molecule has 5 nitrogen and oxygen atoms in total. The summed E-state index contributed by atoms with van der Waals surface area (Å²) in [5.74, 6) is -0.239. The maximum Gasteiger partial charge on any atom is 0.261 e. The summed E-state index contributed by atoms with van der Waals surface area (Å²) in [5, 5.41) is 7.48. The van der Waals surface area contributed by atoms with Gasteiger partial charge in [0.1, 0.15) is 5.56 Å². The Morgan fingerprint density at radius 3 is 2.16 bits per heavy atom. The molecule has 0 aliphatic heterocycles. The molecule has 5 rings (SSSR count). The van der Waals surface area contributed by atoms with Gasteiger partial charge >= 0.3 is 0 Å². The van der Waals surface area contributed by atoms with E-state index in [9.17, 15) is 4.79 Å². The van der Waals surface area contributed by atoms with Gasteiger partial charge in [-0.15, -0.1) is 0 Å². The van der Waals surface area contributed by atoms with E-state index in [1.54, 1.807) is 10.7 Å². The number of rotatable bonds is 4. The average molecular weight is 419 g/mol. The number of fused-ring (bicyclic) bond motifs is 1. The van der Waals surface area contributed by atoms with Gasteiger partial charge in [-0.1, -0.05) is 77.9 Å². The van der Waals surface area contributed by atoms with Crippen molar-refractivity contribution in [3.05, 3.63) is 108 Å². The van der Waals surface area contributed by atoms with E-state index in [2.05, 4.69) is 41.6 Å². The summed E-state index contributed by atoms with van der Waals surface area (Å²) in [5.41, 5.74) is 7.66. The molecule has 1 amide bonds. The number of hydrogen-bond donors (Lipinski definition) is 1. The zero-order valence-corrected chi connectivity index (χ0v) is 17.9. The van der Waals surface area contributed by atoms with Gasteiger partial charge in [-0.2, -0.15) is 5.10 Å². The number of benzene rings is 3. The molecule has 0 aliphatic carbocycles. The first-order valence-corrected chi connectivity index (χ1v) is 10.5. The third-order valence-electron chi connectivity index (χ3n) is 5.44. The first-order valence-electron chi connectivity index (χ1n) is 10.5. The largest absolute Gasteiger partial charge is 0.322 e. The van der Waals surface area contributed by atoms with E-state index in [-0.39, 0.29) is 5.91 Å². The van der Waals surface area contributed by atoms with Crippen LogP contribution in [0.2, 0.25) is 0 Å². The number of hydrogen-bond acceptors (Lipinski definition) is 3. The summed E-state index contributed by atoms with van der Waals surface area (Å²) in [6.07, 6.45) is 1.58. The van der Waals surface area contributed by atoms with Crippen molar-refractivity contribution in [3.63, 3.8) is 0 Å². The third kappa shape index (κ3) is 3.76. The summed E-state index contributed by atoms with van der Waals surface area (Å²) in [4.78, 5) is 17.9. The Hall–Kier alpha value is -4.25. The van der Waals surface area contributed by atoms with E-state index in [4.69, 9.17) is 4.98 Å². The second-order valence-electron chi connectivity index (χ2n) is 7.87. The van der Waals surface area contributed by atoms with Crippen molar-refractivity contribution in [1.82, 2.24) is 14.6 Å². The van der Waals surface area contributed by atoms with E-state index in [1.165, 1.54) is 5.56 Å². The van der Waals surface area contributed by atoms with Crippen LogP contribution < -0.4 is 5.32 Å². The molecule has 0 spiro atoms. The molecule has 0 aliphatic rings. The van der Waals surface area contributed by atoms with Gasteiger partial charge in [0, 0.05) is 16.8 Å². The first-order chi connectivity index (χ1) is 15.6. The normalized spacial score (nSPS) is 10.9. The van der Waals surface area contributed by atoms with Gasteiger partial charge in [-0.25, -0.2) is 9.50 Å². The zero-order chi connectivity index (χ0) is 22.1. The Balaban J connectivity index is 1.65. The maximum atomic E-state index is 13.1. The third-order valence-corrected chi connectivity index (χ3v) is 5.44. The predicted octanol–water partition coefficient (Wildman–Crippen LogP) is 5.93. The molecular formula is C27H22N4O. The van der Waals surface area contributed by atoms with E-state index in [1.807, 2.05) is 67.6 Å². The quantitative estimate of drug-likeness (QED) is 0.393. The predicted molar refractivity (Wildman–Crippen MR) is 128 cm³/mol. The molecule has 5 aromatic rings. The monoisotopic (exact) mass is 418 g/mol. The van der Waals surface area contributed by atoms with Crippen molar-refractivity contribution >= 4 is 17.2 Å². The molecule has 0 fully saturated rings. The Bertz CT molecular complexity index is 1400. The van der Waals surface area contributed by atoms with Crippen LogP contribution in [0.25, 0.3) is 28.2 Å². The lowest BCUT2D eigenvalue weighted by Gasteiger charge is -2.10. The lowest BCUT2D eigenvalue weighted by Crippen LogP contribution is -2.12. The highest BCUT2D eigenvalue weighted by molar-refractivity contribution is 6.08. The van der Waals surface area contributed by atoms with Crippen LogP contribution in [0, 0.1) is 13.8 Å². The summed E-state index contributed by atoms with van der Waals surface area (Å²) >= 11 is 0. The fourth-order valence-corrected chi connectivity index (χ4v) is 3.65. The van der Waals surface area contributed by atoms with E-state index >= 15 is 0 Å². The van der Waals surface area contributed by atoms with Gasteiger partial charge < -0.3 is 5.32 Å². The van der Waals surface area contributed by atoms with Crippen molar-refractivity contribution in [1.29, 1.82) is 0 Å².